The van der Waals surface area contributed by atoms with Gasteiger partial charge in [0.25, 0.3) is 5.91 Å². The summed E-state index contributed by atoms with van der Waals surface area (Å²) in [6.07, 6.45) is 1.07. The zero-order chi connectivity index (χ0) is 8.43. The van der Waals surface area contributed by atoms with Gasteiger partial charge in [0.15, 0.2) is 0 Å². The van der Waals surface area contributed by atoms with Crippen LogP contribution in [0.1, 0.15) is 10.4 Å². The SMILES string of the molecule is NC(=O)c1cnc(N)nc1O. The number of hydrogen-bond acceptors (Lipinski definition) is 5. The van der Waals surface area contributed by atoms with Gasteiger partial charge in [0.1, 0.15) is 5.56 Å². The molecule has 0 fully saturated rings. The molecule has 0 aliphatic rings. The minimum Gasteiger partial charge on any atom is -0.493 e. The molecule has 1 heterocycles. The largest absolute Gasteiger partial charge is 0.493 e. The lowest BCUT2D eigenvalue weighted by molar-refractivity contribution is 0.0997. The zero-order valence-electron chi connectivity index (χ0n) is 5.48. The second-order valence-corrected chi connectivity index (χ2v) is 1.83. The highest BCUT2D eigenvalue weighted by molar-refractivity contribution is 5.94. The Hall–Kier alpha value is -1.85. The molecule has 1 aromatic rings. The Morgan fingerprint density at radius 1 is 1.64 bits per heavy atom. The summed E-state index contributed by atoms with van der Waals surface area (Å²) in [6.45, 7) is 0. The van der Waals surface area contributed by atoms with E-state index >= 15 is 0 Å². The molecule has 0 radical (unpaired) electrons. The Bertz CT molecular complexity index is 299. The van der Waals surface area contributed by atoms with Gasteiger partial charge in [-0.25, -0.2) is 4.98 Å². The van der Waals surface area contributed by atoms with Gasteiger partial charge in [0.05, 0.1) is 0 Å². The van der Waals surface area contributed by atoms with Crippen LogP contribution in [0, 0.1) is 0 Å². The van der Waals surface area contributed by atoms with Crippen molar-refractivity contribution < 1.29 is 9.90 Å². The third-order valence-corrected chi connectivity index (χ3v) is 1.05. The summed E-state index contributed by atoms with van der Waals surface area (Å²) in [5, 5.41) is 8.93. The van der Waals surface area contributed by atoms with Crippen molar-refractivity contribution in [3.05, 3.63) is 11.8 Å². The summed E-state index contributed by atoms with van der Waals surface area (Å²) in [5.41, 5.74) is 9.80. The first kappa shape index (κ1) is 7.26. The van der Waals surface area contributed by atoms with E-state index in [2.05, 4.69) is 9.97 Å². The van der Waals surface area contributed by atoms with Crippen molar-refractivity contribution in [3.8, 4) is 5.88 Å². The van der Waals surface area contributed by atoms with Gasteiger partial charge in [-0.2, -0.15) is 4.98 Å². The molecule has 5 N–H and O–H groups in total. The number of primary amides is 1. The van der Waals surface area contributed by atoms with E-state index in [4.69, 9.17) is 16.6 Å². The van der Waals surface area contributed by atoms with Crippen molar-refractivity contribution in [2.24, 2.45) is 5.73 Å². The lowest BCUT2D eigenvalue weighted by Crippen LogP contribution is -2.12. The average molecular weight is 154 g/mol. The highest BCUT2D eigenvalue weighted by atomic mass is 16.3. The summed E-state index contributed by atoms with van der Waals surface area (Å²) in [7, 11) is 0. The molecule has 0 spiro atoms. The molecule has 0 aliphatic carbocycles. The van der Waals surface area contributed by atoms with E-state index in [1.807, 2.05) is 0 Å². The number of hydrogen-bond donors (Lipinski definition) is 3. The molecule has 11 heavy (non-hydrogen) atoms. The fourth-order valence-corrected chi connectivity index (χ4v) is 0.560. The number of aromatic nitrogens is 2. The summed E-state index contributed by atoms with van der Waals surface area (Å²) in [6, 6.07) is 0. The zero-order valence-corrected chi connectivity index (χ0v) is 5.48. The van der Waals surface area contributed by atoms with E-state index in [1.54, 1.807) is 0 Å². The van der Waals surface area contributed by atoms with E-state index < -0.39 is 11.8 Å². The van der Waals surface area contributed by atoms with E-state index in [-0.39, 0.29) is 11.5 Å². The summed E-state index contributed by atoms with van der Waals surface area (Å²) < 4.78 is 0. The van der Waals surface area contributed by atoms with Gasteiger partial charge in [-0.3, -0.25) is 4.79 Å². The predicted octanol–water partition coefficient (Wildman–Crippen LogP) is -1.14. The number of aromatic hydroxyl groups is 1. The summed E-state index contributed by atoms with van der Waals surface area (Å²) in [5.74, 6) is -1.39. The Balaban J connectivity index is 3.20. The predicted molar refractivity (Wildman–Crippen MR) is 36.6 cm³/mol. The summed E-state index contributed by atoms with van der Waals surface area (Å²) in [4.78, 5) is 17.3. The van der Waals surface area contributed by atoms with Crippen molar-refractivity contribution in [3.63, 3.8) is 0 Å². The minimum absolute atomic E-state index is 0.104. The minimum atomic E-state index is -0.789. The van der Waals surface area contributed by atoms with Crippen molar-refractivity contribution in [2.75, 3.05) is 5.73 Å². The Morgan fingerprint density at radius 3 is 2.73 bits per heavy atom. The first-order valence-electron chi connectivity index (χ1n) is 2.72. The third-order valence-electron chi connectivity index (χ3n) is 1.05. The summed E-state index contributed by atoms with van der Waals surface area (Å²) >= 11 is 0. The second kappa shape index (κ2) is 2.41. The molecular weight excluding hydrogens is 148 g/mol. The Labute approximate surface area is 61.9 Å². The lowest BCUT2D eigenvalue weighted by atomic mass is 10.3. The maximum Gasteiger partial charge on any atom is 0.255 e. The van der Waals surface area contributed by atoms with Crippen LogP contribution in [0.15, 0.2) is 6.20 Å². The number of nitrogens with two attached hydrogens (primary N) is 2. The molecule has 1 amide bonds. The first-order valence-corrected chi connectivity index (χ1v) is 2.72. The van der Waals surface area contributed by atoms with Gasteiger partial charge < -0.3 is 16.6 Å². The molecular formula is C5H6N4O2. The van der Waals surface area contributed by atoms with Crippen LogP contribution in [0.2, 0.25) is 0 Å². The molecule has 6 heteroatoms. The van der Waals surface area contributed by atoms with Gasteiger partial charge in [-0.1, -0.05) is 0 Å². The molecule has 1 aromatic heterocycles. The molecule has 0 atom stereocenters. The van der Waals surface area contributed by atoms with Crippen LogP contribution in [0.3, 0.4) is 0 Å². The van der Waals surface area contributed by atoms with E-state index in [9.17, 15) is 4.79 Å². The number of carbonyl (C=O) groups is 1. The standard InChI is InChI=1S/C5H6N4O2/c6-3(10)2-1-8-5(7)9-4(2)11/h1H,(H2,6,10)(H3,7,8,9,11). The van der Waals surface area contributed by atoms with Crippen molar-refractivity contribution in [1.29, 1.82) is 0 Å². The van der Waals surface area contributed by atoms with Crippen molar-refractivity contribution in [2.45, 2.75) is 0 Å². The van der Waals surface area contributed by atoms with E-state index in [1.165, 1.54) is 0 Å². The monoisotopic (exact) mass is 154 g/mol. The number of amides is 1. The Kier molecular flexibility index (Phi) is 1.59. The van der Waals surface area contributed by atoms with Gasteiger partial charge in [0, 0.05) is 6.20 Å². The molecule has 0 aromatic carbocycles. The topological polar surface area (TPSA) is 115 Å². The normalized spacial score (nSPS) is 9.45. The van der Waals surface area contributed by atoms with E-state index in [0.29, 0.717) is 0 Å². The molecule has 0 saturated heterocycles. The van der Waals surface area contributed by atoms with Crippen LogP contribution in [-0.2, 0) is 0 Å². The number of anilines is 1. The second-order valence-electron chi connectivity index (χ2n) is 1.83. The van der Waals surface area contributed by atoms with Crippen molar-refractivity contribution >= 4 is 11.9 Å². The Morgan fingerprint density at radius 2 is 2.27 bits per heavy atom. The van der Waals surface area contributed by atoms with Gasteiger partial charge in [-0.05, 0) is 0 Å². The smallest absolute Gasteiger partial charge is 0.255 e. The van der Waals surface area contributed by atoms with Crippen LogP contribution >= 0.6 is 0 Å². The fraction of sp³-hybridized carbons (Fsp3) is 0. The van der Waals surface area contributed by atoms with Crippen molar-refractivity contribution in [1.82, 2.24) is 9.97 Å². The van der Waals surface area contributed by atoms with Crippen LogP contribution in [0.4, 0.5) is 5.95 Å². The molecule has 1 rings (SSSR count). The maximum atomic E-state index is 10.5. The van der Waals surface area contributed by atoms with Crippen LogP contribution in [-0.4, -0.2) is 21.0 Å². The maximum absolute atomic E-state index is 10.5. The third kappa shape index (κ3) is 1.34. The fourth-order valence-electron chi connectivity index (χ4n) is 0.560. The average Bonchev–Trinajstić information content (AvgIpc) is 1.85. The molecule has 0 bridgehead atoms. The molecule has 0 aliphatic heterocycles. The highest BCUT2D eigenvalue weighted by Crippen LogP contribution is 2.11. The quantitative estimate of drug-likeness (QED) is 0.473. The molecule has 0 unspecified atom stereocenters. The lowest BCUT2D eigenvalue weighted by Gasteiger charge is -1.97. The number of rotatable bonds is 1. The molecule has 58 valence electrons. The first-order chi connectivity index (χ1) is 5.11. The number of nitrogen functional groups attached to an aromatic ring is 1. The highest BCUT2D eigenvalue weighted by Gasteiger charge is 2.08. The van der Waals surface area contributed by atoms with Crippen LogP contribution in [0.5, 0.6) is 5.88 Å². The van der Waals surface area contributed by atoms with Gasteiger partial charge >= 0.3 is 0 Å². The van der Waals surface area contributed by atoms with Gasteiger partial charge in [-0.15, -0.1) is 0 Å². The number of carbonyl (C=O) groups excluding carboxylic acids is 1. The van der Waals surface area contributed by atoms with Crippen LogP contribution < -0.4 is 11.5 Å². The van der Waals surface area contributed by atoms with Gasteiger partial charge in [0.2, 0.25) is 11.8 Å². The van der Waals surface area contributed by atoms with Crippen LogP contribution in [0.25, 0.3) is 0 Å². The number of nitrogens with zero attached hydrogens (tertiary/aromatic N) is 2. The molecule has 0 saturated carbocycles. The molecule has 6 nitrogen and oxygen atoms in total. The van der Waals surface area contributed by atoms with E-state index in [0.717, 1.165) is 6.20 Å².